The van der Waals surface area contributed by atoms with Crippen LogP contribution in [-0.4, -0.2) is 23.9 Å². The molecular formula is C21H24Cl2N2O. The Balaban J connectivity index is 1.60. The average Bonchev–Trinajstić information content (AvgIpc) is 2.66. The summed E-state index contributed by atoms with van der Waals surface area (Å²) in [5, 5.41) is 4.52. The summed E-state index contributed by atoms with van der Waals surface area (Å²) in [5.41, 5.74) is 2.06. The number of hydrogen-bond acceptors (Lipinski definition) is 2. The van der Waals surface area contributed by atoms with E-state index in [2.05, 4.69) is 10.2 Å². The highest BCUT2D eigenvalue weighted by Gasteiger charge is 2.27. The summed E-state index contributed by atoms with van der Waals surface area (Å²) in [5.74, 6) is 0.118. The molecule has 0 bridgehead atoms. The fraction of sp³-hybridized carbons (Fsp3) is 0.381. The van der Waals surface area contributed by atoms with Crippen LogP contribution < -0.4 is 5.32 Å². The number of halogens is 2. The number of benzene rings is 2. The van der Waals surface area contributed by atoms with Crippen LogP contribution >= 0.6 is 23.2 Å². The maximum atomic E-state index is 12.7. The molecule has 0 spiro atoms. The van der Waals surface area contributed by atoms with Crippen LogP contribution in [-0.2, 0) is 11.3 Å². The lowest BCUT2D eigenvalue weighted by Crippen LogP contribution is -2.43. The summed E-state index contributed by atoms with van der Waals surface area (Å²) in [6, 6.07) is 15.6. The van der Waals surface area contributed by atoms with Crippen LogP contribution in [0.5, 0.6) is 0 Å². The Morgan fingerprint density at radius 2 is 1.85 bits per heavy atom. The quantitative estimate of drug-likeness (QED) is 0.771. The summed E-state index contributed by atoms with van der Waals surface area (Å²) in [4.78, 5) is 15.0. The van der Waals surface area contributed by atoms with Crippen LogP contribution in [0.15, 0.2) is 48.5 Å². The van der Waals surface area contributed by atoms with Gasteiger partial charge in [0.15, 0.2) is 0 Å². The van der Waals surface area contributed by atoms with Gasteiger partial charge in [0, 0.05) is 28.7 Å². The van der Waals surface area contributed by atoms with Gasteiger partial charge in [-0.1, -0.05) is 59.6 Å². The summed E-state index contributed by atoms with van der Waals surface area (Å²) in [7, 11) is 0. The van der Waals surface area contributed by atoms with E-state index >= 15 is 0 Å². The van der Waals surface area contributed by atoms with Crippen molar-refractivity contribution < 1.29 is 4.79 Å². The molecule has 2 atom stereocenters. The predicted molar refractivity (Wildman–Crippen MR) is 107 cm³/mol. The number of amides is 1. The van der Waals surface area contributed by atoms with Crippen LogP contribution in [0.3, 0.4) is 0 Å². The zero-order valence-corrected chi connectivity index (χ0v) is 16.4. The van der Waals surface area contributed by atoms with Crippen molar-refractivity contribution >= 4 is 29.1 Å². The lowest BCUT2D eigenvalue weighted by atomic mass is 9.96. The van der Waals surface area contributed by atoms with Crippen LogP contribution in [0.2, 0.25) is 10.0 Å². The summed E-state index contributed by atoms with van der Waals surface area (Å²) in [6.45, 7) is 4.39. The van der Waals surface area contributed by atoms with E-state index in [-0.39, 0.29) is 17.9 Å². The molecule has 1 heterocycles. The molecule has 0 radical (unpaired) electrons. The van der Waals surface area contributed by atoms with Gasteiger partial charge in [0.05, 0.1) is 12.0 Å². The molecule has 2 aromatic carbocycles. The van der Waals surface area contributed by atoms with Crippen molar-refractivity contribution in [2.24, 2.45) is 5.92 Å². The molecule has 1 aliphatic rings. The Bertz CT molecular complexity index is 731. The molecule has 138 valence electrons. The molecule has 1 N–H and O–H groups in total. The fourth-order valence-electron chi connectivity index (χ4n) is 3.48. The smallest absolute Gasteiger partial charge is 0.224 e. The zero-order chi connectivity index (χ0) is 18.5. The van der Waals surface area contributed by atoms with Gasteiger partial charge in [-0.2, -0.15) is 0 Å². The maximum Gasteiger partial charge on any atom is 0.224 e. The lowest BCUT2D eigenvalue weighted by Gasteiger charge is -2.33. The Hall–Kier alpha value is -1.55. The highest BCUT2D eigenvalue weighted by molar-refractivity contribution is 6.35. The van der Waals surface area contributed by atoms with Gasteiger partial charge in [0.25, 0.3) is 0 Å². The molecule has 1 fully saturated rings. The summed E-state index contributed by atoms with van der Waals surface area (Å²) >= 11 is 12.6. The third kappa shape index (κ3) is 4.79. The normalized spacial score (nSPS) is 19.1. The topological polar surface area (TPSA) is 32.3 Å². The van der Waals surface area contributed by atoms with Gasteiger partial charge in [0.2, 0.25) is 5.91 Å². The molecule has 0 aromatic heterocycles. The zero-order valence-electron chi connectivity index (χ0n) is 14.9. The molecule has 1 aliphatic heterocycles. The number of likely N-dealkylation sites (tertiary alicyclic amines) is 1. The second-order valence-corrected chi connectivity index (χ2v) is 7.73. The van der Waals surface area contributed by atoms with Crippen molar-refractivity contribution in [3.05, 3.63) is 69.7 Å². The number of nitrogens with one attached hydrogen (secondary N) is 1. The van der Waals surface area contributed by atoms with Crippen molar-refractivity contribution in [1.29, 1.82) is 0 Å². The largest absolute Gasteiger partial charge is 0.349 e. The van der Waals surface area contributed by atoms with E-state index in [1.165, 1.54) is 0 Å². The molecule has 3 nitrogen and oxygen atoms in total. The number of nitrogens with zero attached hydrogens (tertiary/aromatic N) is 1. The minimum atomic E-state index is -0.00354. The molecule has 5 heteroatoms. The number of carbonyl (C=O) groups excluding carboxylic acids is 1. The third-order valence-corrected chi connectivity index (χ3v) is 5.69. The fourth-order valence-corrected chi connectivity index (χ4v) is 3.99. The van der Waals surface area contributed by atoms with Gasteiger partial charge >= 0.3 is 0 Å². The number of carbonyl (C=O) groups is 1. The standard InChI is InChI=1S/C21H24Cl2N2O/c1-15(16-7-3-2-4-8-16)24-21(26)17-9-6-12-25(13-17)14-18-19(22)10-5-11-20(18)23/h2-5,7-8,10-11,15,17H,6,9,12-14H2,1H3,(H,24,26)/t15-,17-/m1/s1. The first-order chi connectivity index (χ1) is 12.5. The second-order valence-electron chi connectivity index (χ2n) is 6.92. The highest BCUT2D eigenvalue weighted by Crippen LogP contribution is 2.28. The first kappa shape index (κ1) is 19.2. The lowest BCUT2D eigenvalue weighted by molar-refractivity contribution is -0.127. The van der Waals surface area contributed by atoms with E-state index in [0.717, 1.165) is 37.1 Å². The van der Waals surface area contributed by atoms with Crippen molar-refractivity contribution in [2.45, 2.75) is 32.4 Å². The summed E-state index contributed by atoms with van der Waals surface area (Å²) in [6.07, 6.45) is 1.92. The molecule has 26 heavy (non-hydrogen) atoms. The number of rotatable bonds is 5. The monoisotopic (exact) mass is 390 g/mol. The van der Waals surface area contributed by atoms with Crippen molar-refractivity contribution in [1.82, 2.24) is 10.2 Å². The maximum absolute atomic E-state index is 12.7. The Morgan fingerprint density at radius 3 is 2.54 bits per heavy atom. The molecule has 0 aliphatic carbocycles. The minimum Gasteiger partial charge on any atom is -0.349 e. The SMILES string of the molecule is C[C@@H](NC(=O)[C@@H]1CCCN(Cc2c(Cl)cccc2Cl)C1)c1ccccc1. The van der Waals surface area contributed by atoms with E-state index in [1.807, 2.05) is 55.5 Å². The Kier molecular flexibility index (Phi) is 6.58. The molecule has 1 saturated heterocycles. The van der Waals surface area contributed by atoms with Gasteiger partial charge in [-0.25, -0.2) is 0 Å². The van der Waals surface area contributed by atoms with Gasteiger partial charge in [-0.05, 0) is 44.0 Å². The highest BCUT2D eigenvalue weighted by atomic mass is 35.5. The average molecular weight is 391 g/mol. The molecule has 3 rings (SSSR count). The van der Waals surface area contributed by atoms with Crippen molar-refractivity contribution in [3.63, 3.8) is 0 Å². The van der Waals surface area contributed by atoms with Crippen molar-refractivity contribution in [3.8, 4) is 0 Å². The number of piperidine rings is 1. The van der Waals surface area contributed by atoms with E-state index < -0.39 is 0 Å². The van der Waals surface area contributed by atoms with E-state index in [9.17, 15) is 4.79 Å². The predicted octanol–water partition coefficient (Wildman–Crippen LogP) is 5.08. The van der Waals surface area contributed by atoms with Gasteiger partial charge in [0.1, 0.15) is 0 Å². The van der Waals surface area contributed by atoms with E-state index in [4.69, 9.17) is 23.2 Å². The van der Waals surface area contributed by atoms with Crippen molar-refractivity contribution in [2.75, 3.05) is 13.1 Å². The van der Waals surface area contributed by atoms with Gasteiger partial charge < -0.3 is 5.32 Å². The van der Waals surface area contributed by atoms with Gasteiger partial charge in [-0.15, -0.1) is 0 Å². The Morgan fingerprint density at radius 1 is 1.15 bits per heavy atom. The van der Waals surface area contributed by atoms with Gasteiger partial charge in [-0.3, -0.25) is 9.69 Å². The molecular weight excluding hydrogens is 367 g/mol. The molecule has 0 unspecified atom stereocenters. The second kappa shape index (κ2) is 8.90. The van der Waals surface area contributed by atoms with E-state index in [0.29, 0.717) is 16.6 Å². The molecule has 0 saturated carbocycles. The number of hydrogen-bond donors (Lipinski definition) is 1. The first-order valence-electron chi connectivity index (χ1n) is 9.05. The van der Waals surface area contributed by atoms with Crippen LogP contribution in [0.4, 0.5) is 0 Å². The van der Waals surface area contributed by atoms with E-state index in [1.54, 1.807) is 0 Å². The molecule has 2 aromatic rings. The molecule has 1 amide bonds. The first-order valence-corrected chi connectivity index (χ1v) is 9.80. The third-order valence-electron chi connectivity index (χ3n) is 4.98. The Labute approximate surface area is 165 Å². The van der Waals surface area contributed by atoms with Crippen LogP contribution in [0, 0.1) is 5.92 Å². The van der Waals surface area contributed by atoms with Crippen LogP contribution in [0.1, 0.15) is 36.9 Å². The summed E-state index contributed by atoms with van der Waals surface area (Å²) < 4.78 is 0. The minimum absolute atomic E-state index is 0.00354. The van der Waals surface area contributed by atoms with Crippen LogP contribution in [0.25, 0.3) is 0 Å².